The van der Waals surface area contributed by atoms with Crippen LogP contribution in [0.1, 0.15) is 65.2 Å². The van der Waals surface area contributed by atoms with Gasteiger partial charge in [0.15, 0.2) is 5.78 Å². The Kier molecular flexibility index (Phi) is 3.80. The quantitative estimate of drug-likeness (QED) is 0.672. The highest BCUT2D eigenvalue weighted by Crippen LogP contribution is 2.70. The molecule has 1 amide bonds. The van der Waals surface area contributed by atoms with E-state index in [2.05, 4.69) is 19.9 Å². The zero-order valence-corrected chi connectivity index (χ0v) is 18.1. The Morgan fingerprint density at radius 3 is 2.55 bits per heavy atom. The second kappa shape index (κ2) is 5.80. The summed E-state index contributed by atoms with van der Waals surface area (Å²) >= 11 is 0. The summed E-state index contributed by atoms with van der Waals surface area (Å²) in [6.07, 6.45) is 10.4. The van der Waals surface area contributed by atoms with Crippen molar-refractivity contribution in [3.63, 3.8) is 0 Å². The van der Waals surface area contributed by atoms with Crippen LogP contribution in [0.4, 0.5) is 0 Å². The van der Waals surface area contributed by atoms with Crippen molar-refractivity contribution < 1.29 is 14.4 Å². The molecule has 4 nitrogen and oxygen atoms in total. The lowest BCUT2D eigenvalue weighted by molar-refractivity contribution is -0.133. The Morgan fingerprint density at radius 2 is 1.83 bits per heavy atom. The molecule has 4 atom stereocenters. The lowest BCUT2D eigenvalue weighted by Crippen LogP contribution is -2.47. The summed E-state index contributed by atoms with van der Waals surface area (Å²) in [7, 11) is 3.62. The SMILES string of the molecule is CN(C)C(=O)[C@@H]1CC2=CC(=O)CCC2(C)C2=C1C1=CC[C@@]3(C)CCC(=O)[C@@]13CC2. The molecule has 5 aliphatic carbocycles. The summed E-state index contributed by atoms with van der Waals surface area (Å²) in [4.78, 5) is 40.5. The van der Waals surface area contributed by atoms with Crippen molar-refractivity contribution in [3.05, 3.63) is 34.4 Å². The minimum Gasteiger partial charge on any atom is -0.348 e. The highest BCUT2D eigenvalue weighted by atomic mass is 16.2. The van der Waals surface area contributed by atoms with E-state index < -0.39 is 5.41 Å². The summed E-state index contributed by atoms with van der Waals surface area (Å²) in [6, 6.07) is 0. The Hall–Kier alpha value is -1.97. The topological polar surface area (TPSA) is 54.5 Å². The van der Waals surface area contributed by atoms with Crippen molar-refractivity contribution in [2.75, 3.05) is 14.1 Å². The first-order valence-electron chi connectivity index (χ1n) is 11.1. The van der Waals surface area contributed by atoms with Crippen molar-refractivity contribution in [1.29, 1.82) is 0 Å². The Morgan fingerprint density at radius 1 is 1.07 bits per heavy atom. The van der Waals surface area contributed by atoms with Crippen LogP contribution in [0.3, 0.4) is 0 Å². The van der Waals surface area contributed by atoms with Gasteiger partial charge in [-0.15, -0.1) is 0 Å². The standard InChI is InChI=1S/C25H31NO3/c1-23-9-6-19-21-17(22(29)26(3)4)14-15-13-16(27)5-11-24(15,2)18(21)7-12-25(19,23)20(28)8-10-23/h6,13,17H,5,7-12,14H2,1-4H3/t17-,23+,24?,25-/m1/s1. The fourth-order valence-corrected chi connectivity index (χ4v) is 7.34. The number of rotatable bonds is 1. The molecule has 0 saturated heterocycles. The molecule has 0 aromatic heterocycles. The molecule has 0 heterocycles. The van der Waals surface area contributed by atoms with Gasteiger partial charge in [0, 0.05) is 32.4 Å². The second-order valence-electron chi connectivity index (χ2n) is 10.6. The van der Waals surface area contributed by atoms with Gasteiger partial charge >= 0.3 is 0 Å². The van der Waals surface area contributed by atoms with Gasteiger partial charge in [-0.25, -0.2) is 0 Å². The van der Waals surface area contributed by atoms with Crippen LogP contribution in [-0.4, -0.2) is 36.5 Å². The number of carbonyl (C=O) groups is 3. The first-order valence-corrected chi connectivity index (χ1v) is 11.1. The predicted octanol–water partition coefficient (Wildman–Crippen LogP) is 4.17. The molecule has 0 radical (unpaired) electrons. The van der Waals surface area contributed by atoms with Crippen molar-refractivity contribution in [3.8, 4) is 0 Å². The molecule has 0 aromatic carbocycles. The minimum atomic E-state index is -0.390. The molecule has 1 unspecified atom stereocenters. The van der Waals surface area contributed by atoms with E-state index in [0.717, 1.165) is 37.7 Å². The van der Waals surface area contributed by atoms with Crippen LogP contribution in [0.25, 0.3) is 0 Å². The average Bonchev–Trinajstić information content (AvgIpc) is 3.11. The fourth-order valence-electron chi connectivity index (χ4n) is 7.34. The monoisotopic (exact) mass is 393 g/mol. The summed E-state index contributed by atoms with van der Waals surface area (Å²) in [5.41, 5.74) is 4.28. The average molecular weight is 394 g/mol. The number of hydrogen-bond acceptors (Lipinski definition) is 3. The summed E-state index contributed by atoms with van der Waals surface area (Å²) in [6.45, 7) is 4.55. The highest BCUT2D eigenvalue weighted by Gasteiger charge is 2.65. The van der Waals surface area contributed by atoms with Gasteiger partial charge < -0.3 is 4.90 Å². The molecule has 1 fully saturated rings. The van der Waals surface area contributed by atoms with Gasteiger partial charge in [-0.2, -0.15) is 0 Å². The molecule has 0 N–H and O–H groups in total. The number of hydrogen-bond donors (Lipinski definition) is 0. The number of fused-ring (bicyclic) bond motifs is 3. The van der Waals surface area contributed by atoms with Crippen molar-refractivity contribution in [2.24, 2.45) is 22.2 Å². The minimum absolute atomic E-state index is 0.00319. The summed E-state index contributed by atoms with van der Waals surface area (Å²) in [5.74, 6) is 0.389. The molecule has 0 aliphatic heterocycles. The van der Waals surface area contributed by atoms with Crippen molar-refractivity contribution in [2.45, 2.75) is 65.2 Å². The molecule has 5 rings (SSSR count). The number of carbonyl (C=O) groups excluding carboxylic acids is 3. The molecule has 1 spiro atoms. The van der Waals surface area contributed by atoms with Gasteiger partial charge in [-0.3, -0.25) is 14.4 Å². The number of Topliss-reactive ketones (excluding diaryl/α,β-unsaturated/α-hetero) is 1. The first kappa shape index (κ1) is 19.0. The van der Waals surface area contributed by atoms with E-state index in [9.17, 15) is 14.4 Å². The first-order chi connectivity index (χ1) is 13.6. The molecule has 1 saturated carbocycles. The second-order valence-corrected chi connectivity index (χ2v) is 10.6. The molecule has 29 heavy (non-hydrogen) atoms. The lowest BCUT2D eigenvalue weighted by atomic mass is 9.50. The third kappa shape index (κ3) is 2.18. The van der Waals surface area contributed by atoms with E-state index in [4.69, 9.17) is 0 Å². The van der Waals surface area contributed by atoms with Crippen molar-refractivity contribution in [1.82, 2.24) is 4.90 Å². The van der Waals surface area contributed by atoms with Crippen LogP contribution in [0.5, 0.6) is 0 Å². The van der Waals surface area contributed by atoms with E-state index in [0.29, 0.717) is 25.0 Å². The number of allylic oxidation sites excluding steroid dienone is 5. The number of amides is 1. The van der Waals surface area contributed by atoms with Crippen LogP contribution in [0.15, 0.2) is 34.4 Å². The third-order valence-corrected chi connectivity index (χ3v) is 9.08. The van der Waals surface area contributed by atoms with Gasteiger partial charge in [0.25, 0.3) is 0 Å². The van der Waals surface area contributed by atoms with Crippen LogP contribution >= 0.6 is 0 Å². The van der Waals surface area contributed by atoms with Gasteiger partial charge in [0.2, 0.25) is 5.91 Å². The fraction of sp³-hybridized carbons (Fsp3) is 0.640. The molecule has 0 bridgehead atoms. The van der Waals surface area contributed by atoms with E-state index in [1.54, 1.807) is 4.90 Å². The predicted molar refractivity (Wildman–Crippen MR) is 111 cm³/mol. The largest absolute Gasteiger partial charge is 0.348 e. The van der Waals surface area contributed by atoms with Gasteiger partial charge in [0.1, 0.15) is 5.78 Å². The van der Waals surface area contributed by atoms with E-state index in [1.807, 2.05) is 20.2 Å². The van der Waals surface area contributed by atoms with Crippen LogP contribution in [-0.2, 0) is 14.4 Å². The maximum Gasteiger partial charge on any atom is 0.229 e. The lowest BCUT2D eigenvalue weighted by Gasteiger charge is -2.52. The maximum atomic E-state index is 13.3. The van der Waals surface area contributed by atoms with E-state index in [1.165, 1.54) is 16.7 Å². The van der Waals surface area contributed by atoms with Gasteiger partial charge in [-0.1, -0.05) is 31.1 Å². The van der Waals surface area contributed by atoms with Gasteiger partial charge in [-0.05, 0) is 61.2 Å². The third-order valence-electron chi connectivity index (χ3n) is 9.08. The molecule has 4 heteroatoms. The Labute approximate surface area is 173 Å². The van der Waals surface area contributed by atoms with Crippen LogP contribution in [0, 0.1) is 22.2 Å². The van der Waals surface area contributed by atoms with Gasteiger partial charge in [0.05, 0.1) is 11.3 Å². The zero-order chi connectivity index (χ0) is 20.8. The zero-order valence-electron chi connectivity index (χ0n) is 18.1. The highest BCUT2D eigenvalue weighted by molar-refractivity contribution is 5.97. The van der Waals surface area contributed by atoms with E-state index >= 15 is 0 Å². The molecular weight excluding hydrogens is 362 g/mol. The number of nitrogens with zero attached hydrogens (tertiary/aromatic N) is 1. The normalized spacial score (nSPS) is 40.6. The smallest absolute Gasteiger partial charge is 0.229 e. The molecule has 5 aliphatic rings. The molecule has 0 aromatic rings. The van der Waals surface area contributed by atoms with Crippen LogP contribution < -0.4 is 0 Å². The Bertz CT molecular complexity index is 951. The van der Waals surface area contributed by atoms with Crippen LogP contribution in [0.2, 0.25) is 0 Å². The summed E-state index contributed by atoms with van der Waals surface area (Å²) in [5, 5.41) is 0. The molecular formula is C25H31NO3. The summed E-state index contributed by atoms with van der Waals surface area (Å²) < 4.78 is 0. The van der Waals surface area contributed by atoms with Crippen molar-refractivity contribution >= 4 is 17.5 Å². The Balaban J connectivity index is 1.74. The van der Waals surface area contributed by atoms with E-state index in [-0.39, 0.29) is 28.4 Å². The molecule has 154 valence electrons. The number of ketones is 2. The maximum absolute atomic E-state index is 13.3.